The van der Waals surface area contributed by atoms with Crippen LogP contribution in [0.15, 0.2) is 53.5 Å². The predicted molar refractivity (Wildman–Crippen MR) is 126 cm³/mol. The highest BCUT2D eigenvalue weighted by atomic mass is 127. The van der Waals surface area contributed by atoms with Gasteiger partial charge in [-0.2, -0.15) is 0 Å². The molecule has 158 valence electrons. The number of hydrogen-bond acceptors (Lipinski definition) is 4. The number of carbonyl (C=O) groups is 1. The number of rotatable bonds is 9. The number of amides is 1. The van der Waals surface area contributed by atoms with Gasteiger partial charge in [0.1, 0.15) is 6.10 Å². The molecule has 1 atom stereocenters. The Kier molecular flexibility index (Phi) is 10.9. The molecule has 0 saturated heterocycles. The molecule has 0 heterocycles. The number of aliphatic imine (C=N–C) groups is 1. The van der Waals surface area contributed by atoms with E-state index < -0.39 is 5.91 Å². The van der Waals surface area contributed by atoms with Crippen molar-refractivity contribution < 1.29 is 14.3 Å². The Morgan fingerprint density at radius 2 is 1.86 bits per heavy atom. The number of nitrogens with one attached hydrogen (secondary N) is 2. The van der Waals surface area contributed by atoms with Gasteiger partial charge >= 0.3 is 0 Å². The van der Waals surface area contributed by atoms with Crippen molar-refractivity contribution in [2.45, 2.75) is 26.5 Å². The van der Waals surface area contributed by atoms with Gasteiger partial charge in [-0.05, 0) is 43.7 Å². The zero-order valence-corrected chi connectivity index (χ0v) is 19.3. The molecule has 2 aromatic carbocycles. The molecule has 0 spiro atoms. The van der Waals surface area contributed by atoms with E-state index in [1.165, 1.54) is 0 Å². The van der Waals surface area contributed by atoms with Gasteiger partial charge in [0.15, 0.2) is 17.5 Å². The number of ether oxygens (including phenoxy) is 2. The molecule has 7 nitrogen and oxygen atoms in total. The lowest BCUT2D eigenvalue weighted by Crippen LogP contribution is -2.41. The summed E-state index contributed by atoms with van der Waals surface area (Å²) in [6, 6.07) is 14.7. The van der Waals surface area contributed by atoms with Crippen LogP contribution >= 0.6 is 24.0 Å². The monoisotopic (exact) mass is 512 g/mol. The summed E-state index contributed by atoms with van der Waals surface area (Å²) in [5.74, 6) is 1.62. The van der Waals surface area contributed by atoms with E-state index in [9.17, 15) is 4.79 Å². The van der Waals surface area contributed by atoms with Crippen LogP contribution in [0.2, 0.25) is 0 Å². The molecule has 1 unspecified atom stereocenters. The Morgan fingerprint density at radius 3 is 2.52 bits per heavy atom. The highest BCUT2D eigenvalue weighted by Crippen LogP contribution is 2.26. The van der Waals surface area contributed by atoms with Gasteiger partial charge in [0.2, 0.25) is 5.91 Å². The molecule has 0 saturated carbocycles. The number of carbonyl (C=O) groups excluding carboxylic acids is 1. The smallest absolute Gasteiger partial charge is 0.248 e. The highest BCUT2D eigenvalue weighted by Gasteiger charge is 2.09. The maximum atomic E-state index is 11.3. The number of nitrogens with zero attached hydrogens (tertiary/aromatic N) is 1. The highest BCUT2D eigenvalue weighted by molar-refractivity contribution is 14.0. The van der Waals surface area contributed by atoms with E-state index >= 15 is 0 Å². The van der Waals surface area contributed by atoms with Gasteiger partial charge in [0.25, 0.3) is 0 Å². The van der Waals surface area contributed by atoms with Crippen LogP contribution in [0.4, 0.5) is 0 Å². The predicted octanol–water partition coefficient (Wildman–Crippen LogP) is 2.93. The van der Waals surface area contributed by atoms with Crippen LogP contribution in [0.3, 0.4) is 0 Å². The van der Waals surface area contributed by atoms with E-state index in [-0.39, 0.29) is 30.1 Å². The summed E-state index contributed by atoms with van der Waals surface area (Å²) in [7, 11) is 1.62. The first-order chi connectivity index (χ1) is 13.5. The number of primary amides is 1. The summed E-state index contributed by atoms with van der Waals surface area (Å²) in [5, 5.41) is 6.47. The Hall–Kier alpha value is -2.49. The average molecular weight is 512 g/mol. The molecule has 2 rings (SSSR count). The number of benzene rings is 2. The van der Waals surface area contributed by atoms with E-state index in [1.54, 1.807) is 25.3 Å². The Morgan fingerprint density at radius 1 is 1.14 bits per heavy atom. The fourth-order valence-corrected chi connectivity index (χ4v) is 2.55. The van der Waals surface area contributed by atoms with Crippen LogP contribution in [0.1, 0.15) is 29.8 Å². The van der Waals surface area contributed by atoms with Crippen LogP contribution in [0, 0.1) is 0 Å². The van der Waals surface area contributed by atoms with Gasteiger partial charge in [-0.3, -0.25) is 4.79 Å². The normalized spacial score (nSPS) is 11.8. The van der Waals surface area contributed by atoms with Gasteiger partial charge in [-0.25, -0.2) is 4.99 Å². The van der Waals surface area contributed by atoms with Crippen molar-refractivity contribution in [2.75, 3.05) is 20.2 Å². The van der Waals surface area contributed by atoms with Gasteiger partial charge in [0, 0.05) is 12.1 Å². The van der Waals surface area contributed by atoms with Crippen molar-refractivity contribution in [2.24, 2.45) is 10.7 Å². The van der Waals surface area contributed by atoms with Crippen molar-refractivity contribution in [3.63, 3.8) is 0 Å². The second-order valence-corrected chi connectivity index (χ2v) is 6.22. The molecule has 0 aliphatic heterocycles. The van der Waals surface area contributed by atoms with Crippen LogP contribution < -0.4 is 25.8 Å². The largest absolute Gasteiger partial charge is 0.493 e. The topological polar surface area (TPSA) is 98.0 Å². The molecule has 1 amide bonds. The molecule has 2 aromatic rings. The summed E-state index contributed by atoms with van der Waals surface area (Å²) in [6.45, 7) is 5.69. The summed E-state index contributed by atoms with van der Waals surface area (Å²) >= 11 is 0. The minimum atomic E-state index is -0.446. The van der Waals surface area contributed by atoms with Crippen LogP contribution in [-0.2, 0) is 6.54 Å². The van der Waals surface area contributed by atoms with E-state index in [1.807, 2.05) is 44.2 Å². The van der Waals surface area contributed by atoms with E-state index in [0.29, 0.717) is 36.1 Å². The molecular formula is C21H29IN4O3. The molecule has 0 fully saturated rings. The molecule has 0 aromatic heterocycles. The summed E-state index contributed by atoms with van der Waals surface area (Å²) in [6.07, 6.45) is -0.0988. The summed E-state index contributed by atoms with van der Waals surface area (Å²) in [4.78, 5) is 15.9. The first-order valence-electron chi connectivity index (χ1n) is 9.24. The lowest BCUT2D eigenvalue weighted by molar-refractivity contribution is 0.1000. The molecule has 0 radical (unpaired) electrons. The second-order valence-electron chi connectivity index (χ2n) is 6.22. The van der Waals surface area contributed by atoms with Crippen LogP contribution in [0.25, 0.3) is 0 Å². The molecule has 0 aliphatic rings. The quantitative estimate of drug-likeness (QED) is 0.273. The van der Waals surface area contributed by atoms with E-state index in [2.05, 4.69) is 15.6 Å². The number of guanidine groups is 1. The molecule has 29 heavy (non-hydrogen) atoms. The Balaban J connectivity index is 0.00000420. The fraction of sp³-hybridized carbons (Fsp3) is 0.333. The Bertz CT molecular complexity index is 814. The van der Waals surface area contributed by atoms with Crippen molar-refractivity contribution in [1.82, 2.24) is 10.6 Å². The zero-order valence-electron chi connectivity index (χ0n) is 17.0. The third-order valence-corrected chi connectivity index (χ3v) is 3.93. The fourth-order valence-electron chi connectivity index (χ4n) is 2.55. The van der Waals surface area contributed by atoms with Crippen molar-refractivity contribution >= 4 is 35.8 Å². The molecule has 4 N–H and O–H groups in total. The number of nitrogens with two attached hydrogens (primary N) is 1. The molecular weight excluding hydrogens is 483 g/mol. The standard InChI is InChI=1S/C21H28N4O3.HI/c1-4-23-21(25-14-16-8-7-9-17(12-16)20(22)26)24-13-15(2)28-19-11-6-5-10-18(19)27-3;/h5-12,15H,4,13-14H2,1-3H3,(H2,22,26)(H2,23,24,25);1H. The number of hydrogen-bond donors (Lipinski definition) is 3. The maximum Gasteiger partial charge on any atom is 0.248 e. The van der Waals surface area contributed by atoms with Gasteiger partial charge in [-0.15, -0.1) is 24.0 Å². The van der Waals surface area contributed by atoms with Gasteiger partial charge in [-0.1, -0.05) is 24.3 Å². The van der Waals surface area contributed by atoms with E-state index in [0.717, 1.165) is 12.1 Å². The van der Waals surface area contributed by atoms with Crippen molar-refractivity contribution in [1.29, 1.82) is 0 Å². The lowest BCUT2D eigenvalue weighted by Gasteiger charge is -2.19. The molecule has 0 bridgehead atoms. The number of methoxy groups -OCH3 is 1. The van der Waals surface area contributed by atoms with Gasteiger partial charge in [0.05, 0.1) is 20.2 Å². The summed E-state index contributed by atoms with van der Waals surface area (Å²) in [5.41, 5.74) is 6.71. The first-order valence-corrected chi connectivity index (χ1v) is 9.24. The number of halogens is 1. The van der Waals surface area contributed by atoms with Crippen LogP contribution in [0.5, 0.6) is 11.5 Å². The number of para-hydroxylation sites is 2. The van der Waals surface area contributed by atoms with Gasteiger partial charge < -0.3 is 25.8 Å². The Labute approximate surface area is 189 Å². The van der Waals surface area contributed by atoms with E-state index in [4.69, 9.17) is 15.2 Å². The zero-order chi connectivity index (χ0) is 20.4. The molecule has 0 aliphatic carbocycles. The lowest BCUT2D eigenvalue weighted by atomic mass is 10.1. The van der Waals surface area contributed by atoms with Crippen molar-refractivity contribution in [3.8, 4) is 11.5 Å². The second kappa shape index (κ2) is 12.9. The summed E-state index contributed by atoms with van der Waals surface area (Å²) < 4.78 is 11.3. The molecule has 8 heteroatoms. The SMILES string of the molecule is CCNC(=NCc1cccc(C(N)=O)c1)NCC(C)Oc1ccccc1OC.I. The third kappa shape index (κ3) is 8.18. The minimum Gasteiger partial charge on any atom is -0.493 e. The van der Waals surface area contributed by atoms with Crippen LogP contribution in [-0.4, -0.2) is 38.2 Å². The maximum absolute atomic E-state index is 11.3. The average Bonchev–Trinajstić information content (AvgIpc) is 2.70. The minimum absolute atomic E-state index is 0. The third-order valence-electron chi connectivity index (χ3n) is 3.93. The van der Waals surface area contributed by atoms with Crippen molar-refractivity contribution in [3.05, 3.63) is 59.7 Å². The first kappa shape index (κ1) is 24.5.